The molecule has 0 saturated carbocycles. The molecule has 0 amide bonds. The molecule has 1 aliphatic rings. The molecule has 4 heteroatoms. The van der Waals surface area contributed by atoms with Gasteiger partial charge in [-0.2, -0.15) is 0 Å². The van der Waals surface area contributed by atoms with Crippen LogP contribution in [-0.2, 0) is 0 Å². The average Bonchev–Trinajstić information content (AvgIpc) is 2.29. The Labute approximate surface area is 101 Å². The van der Waals surface area contributed by atoms with Gasteiger partial charge in [0.15, 0.2) is 0 Å². The minimum absolute atomic E-state index is 0.000917. The number of hydrogen-bond acceptors (Lipinski definition) is 2. The monoisotopic (exact) mass is 240 g/mol. The van der Waals surface area contributed by atoms with E-state index in [9.17, 15) is 8.78 Å². The second-order valence-electron chi connectivity index (χ2n) is 4.86. The van der Waals surface area contributed by atoms with E-state index in [1.807, 2.05) is 4.90 Å². The minimum atomic E-state index is -0.528. The van der Waals surface area contributed by atoms with Crippen LogP contribution in [0.5, 0.6) is 0 Å². The van der Waals surface area contributed by atoms with Crippen LogP contribution in [0.15, 0.2) is 18.2 Å². The first kappa shape index (κ1) is 12.3. The number of piperazine rings is 1. The number of hydrogen-bond donors (Lipinski definition) is 1. The Morgan fingerprint density at radius 2 is 2.18 bits per heavy atom. The van der Waals surface area contributed by atoms with E-state index in [-0.39, 0.29) is 5.54 Å². The van der Waals surface area contributed by atoms with Crippen molar-refractivity contribution in [2.24, 2.45) is 0 Å². The van der Waals surface area contributed by atoms with Crippen LogP contribution in [0.4, 0.5) is 14.5 Å². The lowest BCUT2D eigenvalue weighted by Gasteiger charge is -2.42. The molecule has 1 aromatic rings. The highest BCUT2D eigenvalue weighted by molar-refractivity contribution is 5.49. The molecule has 1 saturated heterocycles. The third-order valence-corrected chi connectivity index (χ3v) is 3.50. The predicted octanol–water partition coefficient (Wildman–Crippen LogP) is 2.54. The van der Waals surface area contributed by atoms with Crippen LogP contribution in [0.1, 0.15) is 20.3 Å². The molecule has 1 heterocycles. The maximum absolute atomic E-state index is 13.7. The molecule has 1 unspecified atom stereocenters. The van der Waals surface area contributed by atoms with Gasteiger partial charge in [0, 0.05) is 31.2 Å². The molecule has 0 spiro atoms. The van der Waals surface area contributed by atoms with E-state index >= 15 is 0 Å². The van der Waals surface area contributed by atoms with E-state index in [2.05, 4.69) is 19.2 Å². The van der Waals surface area contributed by atoms with Crippen molar-refractivity contribution in [2.45, 2.75) is 25.8 Å². The van der Waals surface area contributed by atoms with E-state index in [4.69, 9.17) is 0 Å². The van der Waals surface area contributed by atoms with E-state index in [1.165, 1.54) is 12.1 Å². The second kappa shape index (κ2) is 4.61. The van der Waals surface area contributed by atoms with Crippen LogP contribution in [0.25, 0.3) is 0 Å². The highest BCUT2D eigenvalue weighted by atomic mass is 19.1. The van der Waals surface area contributed by atoms with E-state index in [0.29, 0.717) is 5.69 Å². The Morgan fingerprint density at radius 3 is 2.82 bits per heavy atom. The number of benzene rings is 1. The SMILES string of the molecule is CCC1(C)CN(c2ccc(F)cc2F)CCN1. The first-order valence-electron chi connectivity index (χ1n) is 5.99. The lowest BCUT2D eigenvalue weighted by molar-refractivity contribution is 0.312. The Morgan fingerprint density at radius 1 is 1.41 bits per heavy atom. The minimum Gasteiger partial charge on any atom is -0.366 e. The van der Waals surface area contributed by atoms with Crippen LogP contribution in [0.2, 0.25) is 0 Å². The van der Waals surface area contributed by atoms with Crippen molar-refractivity contribution in [3.05, 3.63) is 29.8 Å². The van der Waals surface area contributed by atoms with Gasteiger partial charge in [-0.05, 0) is 25.5 Å². The molecule has 1 N–H and O–H groups in total. The normalized spacial score (nSPS) is 25.1. The van der Waals surface area contributed by atoms with Gasteiger partial charge in [-0.25, -0.2) is 8.78 Å². The summed E-state index contributed by atoms with van der Waals surface area (Å²) in [4.78, 5) is 1.98. The quantitative estimate of drug-likeness (QED) is 0.854. The van der Waals surface area contributed by atoms with E-state index < -0.39 is 11.6 Å². The molecule has 17 heavy (non-hydrogen) atoms. The average molecular weight is 240 g/mol. The van der Waals surface area contributed by atoms with Crippen molar-refractivity contribution in [3.63, 3.8) is 0 Å². The molecule has 0 bridgehead atoms. The van der Waals surface area contributed by atoms with E-state index in [1.54, 1.807) is 0 Å². The molecule has 0 aromatic heterocycles. The van der Waals surface area contributed by atoms with E-state index in [0.717, 1.165) is 32.1 Å². The summed E-state index contributed by atoms with van der Waals surface area (Å²) < 4.78 is 26.6. The van der Waals surface area contributed by atoms with Crippen molar-refractivity contribution >= 4 is 5.69 Å². The van der Waals surface area contributed by atoms with Crippen LogP contribution >= 0.6 is 0 Å². The van der Waals surface area contributed by atoms with Crippen molar-refractivity contribution < 1.29 is 8.78 Å². The summed E-state index contributed by atoms with van der Waals surface area (Å²) >= 11 is 0. The smallest absolute Gasteiger partial charge is 0.149 e. The van der Waals surface area contributed by atoms with Gasteiger partial charge in [-0.3, -0.25) is 0 Å². The topological polar surface area (TPSA) is 15.3 Å². The molecule has 1 aromatic carbocycles. The zero-order chi connectivity index (χ0) is 12.5. The van der Waals surface area contributed by atoms with Crippen LogP contribution in [0, 0.1) is 11.6 Å². The Kier molecular flexibility index (Phi) is 3.33. The summed E-state index contributed by atoms with van der Waals surface area (Å²) in [6, 6.07) is 3.77. The fraction of sp³-hybridized carbons (Fsp3) is 0.538. The van der Waals surface area contributed by atoms with Crippen molar-refractivity contribution in [1.82, 2.24) is 5.32 Å². The molecular formula is C13H18F2N2. The number of nitrogens with one attached hydrogen (secondary N) is 1. The largest absolute Gasteiger partial charge is 0.366 e. The highest BCUT2D eigenvalue weighted by Crippen LogP contribution is 2.24. The number of anilines is 1. The van der Waals surface area contributed by atoms with Crippen LogP contribution < -0.4 is 10.2 Å². The predicted molar refractivity (Wildman–Crippen MR) is 65.3 cm³/mol. The van der Waals surface area contributed by atoms with Gasteiger partial charge < -0.3 is 10.2 Å². The maximum atomic E-state index is 13.7. The second-order valence-corrected chi connectivity index (χ2v) is 4.86. The third-order valence-electron chi connectivity index (χ3n) is 3.50. The van der Waals surface area contributed by atoms with Gasteiger partial charge in [-0.1, -0.05) is 6.92 Å². The number of halogens is 2. The molecule has 1 aliphatic heterocycles. The first-order valence-corrected chi connectivity index (χ1v) is 5.99. The fourth-order valence-corrected chi connectivity index (χ4v) is 2.23. The molecular weight excluding hydrogens is 222 g/mol. The standard InChI is InChI=1S/C13H18F2N2/c1-3-13(2)9-17(7-6-16-13)12-5-4-10(14)8-11(12)15/h4-5,8,16H,3,6-7,9H2,1-2H3. The summed E-state index contributed by atoms with van der Waals surface area (Å²) in [7, 11) is 0. The lowest BCUT2D eigenvalue weighted by Crippen LogP contribution is -2.58. The van der Waals surface area contributed by atoms with Crippen LogP contribution in [0.3, 0.4) is 0 Å². The van der Waals surface area contributed by atoms with Gasteiger partial charge >= 0.3 is 0 Å². The molecule has 0 aliphatic carbocycles. The summed E-state index contributed by atoms with van der Waals surface area (Å²) in [5.74, 6) is -1.01. The number of rotatable bonds is 2. The number of nitrogens with zero attached hydrogens (tertiary/aromatic N) is 1. The van der Waals surface area contributed by atoms with Crippen LogP contribution in [-0.4, -0.2) is 25.2 Å². The van der Waals surface area contributed by atoms with Crippen molar-refractivity contribution in [2.75, 3.05) is 24.5 Å². The first-order chi connectivity index (χ1) is 8.04. The van der Waals surface area contributed by atoms with Gasteiger partial charge in [0.2, 0.25) is 0 Å². The zero-order valence-electron chi connectivity index (χ0n) is 10.3. The van der Waals surface area contributed by atoms with Gasteiger partial charge in [0.1, 0.15) is 11.6 Å². The molecule has 0 radical (unpaired) electrons. The third kappa shape index (κ3) is 2.57. The summed E-state index contributed by atoms with van der Waals surface area (Å²) in [5.41, 5.74) is 0.492. The Balaban J connectivity index is 2.22. The molecule has 94 valence electrons. The van der Waals surface area contributed by atoms with Crippen molar-refractivity contribution in [3.8, 4) is 0 Å². The fourth-order valence-electron chi connectivity index (χ4n) is 2.23. The summed E-state index contributed by atoms with van der Waals surface area (Å²) in [6.45, 7) is 6.55. The molecule has 2 nitrogen and oxygen atoms in total. The lowest BCUT2D eigenvalue weighted by atomic mass is 9.95. The highest BCUT2D eigenvalue weighted by Gasteiger charge is 2.29. The Hall–Kier alpha value is -1.16. The molecule has 2 rings (SSSR count). The van der Waals surface area contributed by atoms with Crippen molar-refractivity contribution in [1.29, 1.82) is 0 Å². The summed E-state index contributed by atoms with van der Waals surface area (Å²) in [5, 5.41) is 3.44. The Bertz CT molecular complexity index is 408. The van der Waals surface area contributed by atoms with Gasteiger partial charge in [0.05, 0.1) is 5.69 Å². The van der Waals surface area contributed by atoms with Gasteiger partial charge in [-0.15, -0.1) is 0 Å². The van der Waals surface area contributed by atoms with Gasteiger partial charge in [0.25, 0.3) is 0 Å². The molecule has 1 atom stereocenters. The zero-order valence-corrected chi connectivity index (χ0v) is 10.3. The maximum Gasteiger partial charge on any atom is 0.149 e. The molecule has 1 fully saturated rings. The summed E-state index contributed by atoms with van der Waals surface area (Å²) in [6.07, 6.45) is 0.978.